The second kappa shape index (κ2) is 4.30. The Morgan fingerprint density at radius 2 is 1.94 bits per heavy atom. The maximum absolute atomic E-state index is 11.7. The number of anilines is 1. The van der Waals surface area contributed by atoms with Gasteiger partial charge in [-0.25, -0.2) is 4.79 Å². The van der Waals surface area contributed by atoms with Crippen LogP contribution in [0.4, 0.5) is 11.5 Å². The van der Waals surface area contributed by atoms with Crippen molar-refractivity contribution < 1.29 is 0 Å². The summed E-state index contributed by atoms with van der Waals surface area (Å²) in [5, 5.41) is 2.57. The van der Waals surface area contributed by atoms with E-state index in [-0.39, 0.29) is 18.3 Å². The molecule has 7 heteroatoms. The molecule has 0 saturated heterocycles. The fraction of sp³-hybridized carbons (Fsp3) is 0.556. The largest absolute Gasteiger partial charge is 0.383 e. The van der Waals surface area contributed by atoms with E-state index in [1.54, 1.807) is 0 Å². The highest BCUT2D eigenvalue weighted by atomic mass is 16.3. The summed E-state index contributed by atoms with van der Waals surface area (Å²) in [7, 11) is 1.39. The Morgan fingerprint density at radius 3 is 2.38 bits per heavy atom. The molecule has 0 aliphatic rings. The summed E-state index contributed by atoms with van der Waals surface area (Å²) in [6, 6.07) is 0. The Morgan fingerprint density at radius 1 is 1.38 bits per heavy atom. The molecule has 1 heterocycles. The normalized spacial score (nSPS) is 10.8. The van der Waals surface area contributed by atoms with Crippen molar-refractivity contribution in [3.05, 3.63) is 25.7 Å². The van der Waals surface area contributed by atoms with Gasteiger partial charge < -0.3 is 5.73 Å². The first-order valence-corrected chi connectivity index (χ1v) is 4.82. The van der Waals surface area contributed by atoms with Crippen molar-refractivity contribution in [2.45, 2.75) is 20.4 Å². The third-order valence-electron chi connectivity index (χ3n) is 2.21. The van der Waals surface area contributed by atoms with Crippen molar-refractivity contribution in [2.75, 3.05) is 5.73 Å². The number of nitrogens with zero attached hydrogens (tertiary/aromatic N) is 3. The summed E-state index contributed by atoms with van der Waals surface area (Å²) in [6.45, 7) is 3.95. The van der Waals surface area contributed by atoms with E-state index in [0.717, 1.165) is 9.13 Å². The van der Waals surface area contributed by atoms with E-state index in [9.17, 15) is 14.5 Å². The van der Waals surface area contributed by atoms with Gasteiger partial charge in [-0.2, -0.15) is 0 Å². The van der Waals surface area contributed by atoms with Crippen LogP contribution < -0.4 is 17.0 Å². The minimum Gasteiger partial charge on any atom is -0.383 e. The molecule has 0 amide bonds. The van der Waals surface area contributed by atoms with Crippen LogP contribution in [-0.2, 0) is 13.6 Å². The third-order valence-corrected chi connectivity index (χ3v) is 2.21. The van der Waals surface area contributed by atoms with Gasteiger partial charge in [-0.1, -0.05) is 13.8 Å². The van der Waals surface area contributed by atoms with Crippen LogP contribution in [0.1, 0.15) is 13.8 Å². The summed E-state index contributed by atoms with van der Waals surface area (Å²) >= 11 is 0. The van der Waals surface area contributed by atoms with Crippen LogP contribution in [0, 0.1) is 10.8 Å². The van der Waals surface area contributed by atoms with Gasteiger partial charge in [0.1, 0.15) is 5.82 Å². The number of nitrogens with two attached hydrogens (primary N) is 1. The second-order valence-electron chi connectivity index (χ2n) is 3.98. The third kappa shape index (κ3) is 1.88. The Kier molecular flexibility index (Phi) is 3.26. The molecule has 0 saturated carbocycles. The molecular formula is C9H14N4O3. The maximum atomic E-state index is 11.7. The fourth-order valence-electron chi connectivity index (χ4n) is 1.38. The highest BCUT2D eigenvalue weighted by Gasteiger charge is 2.16. The molecule has 0 aliphatic carbocycles. The predicted molar refractivity (Wildman–Crippen MR) is 60.6 cm³/mol. The number of hydrogen-bond donors (Lipinski definition) is 1. The molecule has 0 aliphatic heterocycles. The predicted octanol–water partition coefficient (Wildman–Crippen LogP) is 0.183. The molecular weight excluding hydrogens is 212 g/mol. The van der Waals surface area contributed by atoms with Gasteiger partial charge in [0.2, 0.25) is 5.69 Å². The molecule has 0 radical (unpaired) electrons. The van der Waals surface area contributed by atoms with Gasteiger partial charge in [-0.05, 0) is 11.1 Å². The molecule has 0 aromatic carbocycles. The fourth-order valence-corrected chi connectivity index (χ4v) is 1.38. The van der Waals surface area contributed by atoms with E-state index in [0.29, 0.717) is 0 Å². The van der Waals surface area contributed by atoms with Crippen LogP contribution in [0.3, 0.4) is 0 Å². The first-order valence-electron chi connectivity index (χ1n) is 4.82. The molecule has 0 atom stereocenters. The first kappa shape index (κ1) is 12.2. The second-order valence-corrected chi connectivity index (χ2v) is 3.98. The Bertz CT molecular complexity index is 527. The summed E-state index contributed by atoms with van der Waals surface area (Å²) in [6.07, 6.45) is 0. The highest BCUT2D eigenvalue weighted by molar-refractivity contribution is 5.55. The molecule has 0 spiro atoms. The topological polar surface area (TPSA) is 99.4 Å². The number of hydrogen-bond acceptors (Lipinski definition) is 5. The van der Waals surface area contributed by atoms with Gasteiger partial charge in [0.15, 0.2) is 0 Å². The molecule has 1 aromatic rings. The standard InChI is InChI=1S/C9H14N4O3/c1-5(2)4-13-8(14)6(11-16)7(10)12(3)9(13)15/h5H,4,10H2,1-3H3. The van der Waals surface area contributed by atoms with Crippen LogP contribution in [-0.4, -0.2) is 9.13 Å². The van der Waals surface area contributed by atoms with Crippen molar-refractivity contribution >= 4 is 11.5 Å². The van der Waals surface area contributed by atoms with Gasteiger partial charge >= 0.3 is 5.69 Å². The van der Waals surface area contributed by atoms with E-state index in [1.807, 2.05) is 13.8 Å². The summed E-state index contributed by atoms with van der Waals surface area (Å²) in [4.78, 5) is 33.9. The SMILES string of the molecule is CC(C)Cn1c(=O)c(N=O)c(N)n(C)c1=O. The molecule has 88 valence electrons. The molecule has 0 bridgehead atoms. The average molecular weight is 226 g/mol. The van der Waals surface area contributed by atoms with E-state index in [1.165, 1.54) is 7.05 Å². The smallest absolute Gasteiger partial charge is 0.332 e. The van der Waals surface area contributed by atoms with Crippen LogP contribution in [0.15, 0.2) is 14.8 Å². The zero-order chi connectivity index (χ0) is 12.5. The van der Waals surface area contributed by atoms with Crippen LogP contribution in [0.25, 0.3) is 0 Å². The molecule has 2 N–H and O–H groups in total. The van der Waals surface area contributed by atoms with Crippen molar-refractivity contribution in [1.82, 2.24) is 9.13 Å². The summed E-state index contributed by atoms with van der Waals surface area (Å²) < 4.78 is 2.01. The number of aromatic nitrogens is 2. The number of rotatable bonds is 3. The summed E-state index contributed by atoms with van der Waals surface area (Å²) in [5.74, 6) is -0.0986. The van der Waals surface area contributed by atoms with Gasteiger partial charge in [0, 0.05) is 13.6 Å². The lowest BCUT2D eigenvalue weighted by molar-refractivity contribution is 0.481. The van der Waals surface area contributed by atoms with E-state index >= 15 is 0 Å². The van der Waals surface area contributed by atoms with Gasteiger partial charge in [0.25, 0.3) is 5.56 Å². The minimum absolute atomic E-state index is 0.105. The first-order chi connectivity index (χ1) is 7.40. The Hall–Kier alpha value is -1.92. The van der Waals surface area contributed by atoms with E-state index in [4.69, 9.17) is 5.73 Å². The van der Waals surface area contributed by atoms with E-state index in [2.05, 4.69) is 5.18 Å². The lowest BCUT2D eigenvalue weighted by Crippen LogP contribution is -2.40. The molecule has 1 rings (SSSR count). The van der Waals surface area contributed by atoms with Crippen molar-refractivity contribution in [3.63, 3.8) is 0 Å². The average Bonchev–Trinajstić information content (AvgIpc) is 2.22. The van der Waals surface area contributed by atoms with Crippen LogP contribution in [0.5, 0.6) is 0 Å². The minimum atomic E-state index is -0.732. The van der Waals surface area contributed by atoms with Crippen LogP contribution >= 0.6 is 0 Å². The van der Waals surface area contributed by atoms with E-state index < -0.39 is 16.9 Å². The molecule has 16 heavy (non-hydrogen) atoms. The molecule has 0 fully saturated rings. The Labute approximate surface area is 91.5 Å². The summed E-state index contributed by atoms with van der Waals surface area (Å²) in [5.41, 5.74) is 3.77. The molecule has 7 nitrogen and oxygen atoms in total. The van der Waals surface area contributed by atoms with Crippen molar-refractivity contribution in [2.24, 2.45) is 18.1 Å². The quantitative estimate of drug-likeness (QED) is 0.743. The van der Waals surface area contributed by atoms with Gasteiger partial charge in [-0.15, -0.1) is 4.91 Å². The Balaban J connectivity index is 3.63. The van der Waals surface area contributed by atoms with Crippen molar-refractivity contribution in [3.8, 4) is 0 Å². The number of nitrogen functional groups attached to an aromatic ring is 1. The monoisotopic (exact) mass is 226 g/mol. The van der Waals surface area contributed by atoms with Gasteiger partial charge in [-0.3, -0.25) is 13.9 Å². The zero-order valence-corrected chi connectivity index (χ0v) is 9.43. The number of nitroso groups, excluding NO2 is 1. The molecule has 1 aromatic heterocycles. The zero-order valence-electron chi connectivity index (χ0n) is 9.43. The molecule has 0 unspecified atom stereocenters. The highest BCUT2D eigenvalue weighted by Crippen LogP contribution is 2.12. The lowest BCUT2D eigenvalue weighted by atomic mass is 10.2. The van der Waals surface area contributed by atoms with Crippen LogP contribution in [0.2, 0.25) is 0 Å². The lowest BCUT2D eigenvalue weighted by Gasteiger charge is -2.11. The maximum Gasteiger partial charge on any atom is 0.332 e. The van der Waals surface area contributed by atoms with Gasteiger partial charge in [0.05, 0.1) is 0 Å². The van der Waals surface area contributed by atoms with Crippen molar-refractivity contribution in [1.29, 1.82) is 0 Å².